The van der Waals surface area contributed by atoms with Crippen molar-refractivity contribution >= 4 is 44.8 Å². The van der Waals surface area contributed by atoms with Crippen molar-refractivity contribution in [2.24, 2.45) is 5.92 Å². The average molecular weight is 468 g/mol. The Balaban J connectivity index is 1.44. The summed E-state index contributed by atoms with van der Waals surface area (Å²) in [4.78, 5) is 17.0. The second-order valence-corrected chi connectivity index (χ2v) is 10.3. The van der Waals surface area contributed by atoms with Crippen LogP contribution in [0.5, 0.6) is 0 Å². The highest BCUT2D eigenvalue weighted by Gasteiger charge is 2.28. The lowest BCUT2D eigenvalue weighted by molar-refractivity contribution is 0.0632. The molecular formula is C21H23Cl2N3O3S. The number of hydrogen-bond donors (Lipinski definition) is 1. The second kappa shape index (κ2) is 8.75. The Morgan fingerprint density at radius 3 is 2.47 bits per heavy atom. The second-order valence-electron chi connectivity index (χ2n) is 7.80. The highest BCUT2D eigenvalue weighted by molar-refractivity contribution is 7.92. The molecule has 0 unspecified atom stereocenters. The van der Waals surface area contributed by atoms with Gasteiger partial charge >= 0.3 is 0 Å². The molecule has 2 aromatic rings. The molecule has 2 aromatic carbocycles. The van der Waals surface area contributed by atoms with Crippen LogP contribution in [0.4, 0.5) is 5.69 Å². The van der Waals surface area contributed by atoms with Crippen molar-refractivity contribution in [1.29, 1.82) is 0 Å². The third kappa shape index (κ3) is 5.09. The molecule has 2 aliphatic rings. The summed E-state index contributed by atoms with van der Waals surface area (Å²) in [5, 5.41) is 0.340. The van der Waals surface area contributed by atoms with E-state index in [0.29, 0.717) is 24.3 Å². The quantitative estimate of drug-likeness (QED) is 0.697. The molecular weight excluding hydrogens is 445 g/mol. The summed E-state index contributed by atoms with van der Waals surface area (Å²) in [6.07, 6.45) is 2.64. The number of benzene rings is 2. The molecule has 1 amide bonds. The van der Waals surface area contributed by atoms with Crippen molar-refractivity contribution in [2.75, 3.05) is 37.4 Å². The Hall–Kier alpha value is -1.80. The topological polar surface area (TPSA) is 69.7 Å². The van der Waals surface area contributed by atoms with Gasteiger partial charge in [-0.1, -0.05) is 29.3 Å². The number of amides is 1. The van der Waals surface area contributed by atoms with Gasteiger partial charge in [-0.25, -0.2) is 8.42 Å². The van der Waals surface area contributed by atoms with E-state index in [4.69, 9.17) is 23.2 Å². The molecule has 1 aliphatic carbocycles. The number of anilines is 1. The summed E-state index contributed by atoms with van der Waals surface area (Å²) >= 11 is 12.0. The fourth-order valence-electron chi connectivity index (χ4n) is 3.59. The fraction of sp³-hybridized carbons (Fsp3) is 0.381. The lowest BCUT2D eigenvalue weighted by Gasteiger charge is -2.34. The smallest absolute Gasteiger partial charge is 0.263 e. The van der Waals surface area contributed by atoms with E-state index in [-0.39, 0.29) is 20.8 Å². The van der Waals surface area contributed by atoms with E-state index in [0.717, 1.165) is 25.6 Å². The van der Waals surface area contributed by atoms with Crippen molar-refractivity contribution in [3.8, 4) is 0 Å². The summed E-state index contributed by atoms with van der Waals surface area (Å²) in [7, 11) is -3.94. The molecule has 0 aromatic heterocycles. The van der Waals surface area contributed by atoms with Gasteiger partial charge in [0.1, 0.15) is 4.90 Å². The maximum atomic E-state index is 12.9. The predicted molar refractivity (Wildman–Crippen MR) is 119 cm³/mol. The Bertz CT molecular complexity index is 1050. The summed E-state index contributed by atoms with van der Waals surface area (Å²) in [6, 6.07) is 10.8. The van der Waals surface area contributed by atoms with E-state index in [1.165, 1.54) is 31.0 Å². The zero-order chi connectivity index (χ0) is 21.3. The van der Waals surface area contributed by atoms with Crippen LogP contribution in [0.2, 0.25) is 10.0 Å². The summed E-state index contributed by atoms with van der Waals surface area (Å²) < 4.78 is 27.9. The molecule has 4 rings (SSSR count). The van der Waals surface area contributed by atoms with Gasteiger partial charge in [-0.3, -0.25) is 14.4 Å². The average Bonchev–Trinajstić information content (AvgIpc) is 3.54. The van der Waals surface area contributed by atoms with E-state index in [1.807, 2.05) is 4.90 Å². The van der Waals surface area contributed by atoms with Gasteiger partial charge < -0.3 is 4.90 Å². The molecule has 1 saturated carbocycles. The Morgan fingerprint density at radius 2 is 1.77 bits per heavy atom. The first-order chi connectivity index (χ1) is 14.3. The van der Waals surface area contributed by atoms with Crippen LogP contribution in [-0.4, -0.2) is 56.8 Å². The number of carbonyl (C=O) groups is 1. The molecule has 1 saturated heterocycles. The lowest BCUT2D eigenvalue weighted by Crippen LogP contribution is -2.49. The minimum absolute atomic E-state index is 0.0724. The maximum Gasteiger partial charge on any atom is 0.263 e. The first kappa shape index (κ1) is 21.4. The minimum atomic E-state index is -3.94. The van der Waals surface area contributed by atoms with Crippen LogP contribution in [0.25, 0.3) is 0 Å². The predicted octanol–water partition coefficient (Wildman–Crippen LogP) is 3.96. The van der Waals surface area contributed by atoms with Crippen molar-refractivity contribution in [3.05, 3.63) is 58.1 Å². The van der Waals surface area contributed by atoms with E-state index in [2.05, 4.69) is 9.62 Å². The molecule has 0 bridgehead atoms. The number of rotatable bonds is 6. The molecule has 0 atom stereocenters. The standard InChI is InChI=1S/C21H23Cl2N3O3S/c22-17-6-7-19(23)20(13-17)30(28,29)24-18-3-1-2-16(12-18)21(27)26-10-8-25(9-11-26)14-15-4-5-15/h1-3,6-7,12-13,15,24H,4-5,8-11,14H2. The summed E-state index contributed by atoms with van der Waals surface area (Å²) in [5.41, 5.74) is 0.743. The van der Waals surface area contributed by atoms with Gasteiger partial charge in [-0.05, 0) is 55.2 Å². The Labute approximate surface area is 186 Å². The van der Waals surface area contributed by atoms with Gasteiger partial charge in [0.15, 0.2) is 0 Å². The van der Waals surface area contributed by atoms with Gasteiger partial charge in [-0.15, -0.1) is 0 Å². The third-order valence-electron chi connectivity index (χ3n) is 5.42. The van der Waals surface area contributed by atoms with Crippen molar-refractivity contribution in [3.63, 3.8) is 0 Å². The first-order valence-corrected chi connectivity index (χ1v) is 12.2. The van der Waals surface area contributed by atoms with Crippen LogP contribution in [0.3, 0.4) is 0 Å². The van der Waals surface area contributed by atoms with Crippen molar-refractivity contribution in [1.82, 2.24) is 9.80 Å². The van der Waals surface area contributed by atoms with E-state index >= 15 is 0 Å². The minimum Gasteiger partial charge on any atom is -0.336 e. The van der Waals surface area contributed by atoms with Gasteiger partial charge in [0.25, 0.3) is 15.9 Å². The van der Waals surface area contributed by atoms with E-state index in [9.17, 15) is 13.2 Å². The molecule has 1 aliphatic heterocycles. The van der Waals surface area contributed by atoms with Crippen LogP contribution in [-0.2, 0) is 10.0 Å². The Kier molecular flexibility index (Phi) is 6.25. The molecule has 6 nitrogen and oxygen atoms in total. The van der Waals surface area contributed by atoms with Crippen LogP contribution in [0.1, 0.15) is 23.2 Å². The van der Waals surface area contributed by atoms with Crippen molar-refractivity contribution < 1.29 is 13.2 Å². The van der Waals surface area contributed by atoms with Crippen LogP contribution < -0.4 is 4.72 Å². The number of nitrogens with one attached hydrogen (secondary N) is 1. The van der Waals surface area contributed by atoms with Crippen LogP contribution >= 0.6 is 23.2 Å². The molecule has 1 N–H and O–H groups in total. The molecule has 160 valence electrons. The first-order valence-electron chi connectivity index (χ1n) is 9.91. The number of carbonyl (C=O) groups excluding carboxylic acids is 1. The van der Waals surface area contributed by atoms with E-state index in [1.54, 1.807) is 24.3 Å². The zero-order valence-corrected chi connectivity index (χ0v) is 18.7. The highest BCUT2D eigenvalue weighted by Crippen LogP contribution is 2.30. The van der Waals surface area contributed by atoms with Gasteiger partial charge in [0.05, 0.1) is 5.02 Å². The molecule has 0 spiro atoms. The lowest BCUT2D eigenvalue weighted by atomic mass is 10.1. The summed E-state index contributed by atoms with van der Waals surface area (Å²) in [5.74, 6) is 0.743. The van der Waals surface area contributed by atoms with Gasteiger partial charge in [0, 0.05) is 49.0 Å². The molecule has 30 heavy (non-hydrogen) atoms. The largest absolute Gasteiger partial charge is 0.336 e. The number of hydrogen-bond acceptors (Lipinski definition) is 4. The zero-order valence-electron chi connectivity index (χ0n) is 16.4. The van der Waals surface area contributed by atoms with Crippen LogP contribution in [0.15, 0.2) is 47.4 Å². The van der Waals surface area contributed by atoms with Gasteiger partial charge in [0.2, 0.25) is 0 Å². The monoisotopic (exact) mass is 467 g/mol. The molecule has 9 heteroatoms. The van der Waals surface area contributed by atoms with Gasteiger partial charge in [-0.2, -0.15) is 0 Å². The third-order valence-corrected chi connectivity index (χ3v) is 7.52. The maximum absolute atomic E-state index is 12.9. The van der Waals surface area contributed by atoms with E-state index < -0.39 is 10.0 Å². The number of piperazine rings is 1. The normalized spacial score (nSPS) is 17.7. The summed E-state index contributed by atoms with van der Waals surface area (Å²) in [6.45, 7) is 4.24. The molecule has 2 fully saturated rings. The number of halogens is 2. The Morgan fingerprint density at radius 1 is 1.03 bits per heavy atom. The van der Waals surface area contributed by atoms with Crippen molar-refractivity contribution in [2.45, 2.75) is 17.7 Å². The number of nitrogens with zero attached hydrogens (tertiary/aromatic N) is 2. The fourth-order valence-corrected chi connectivity index (χ4v) is 5.40. The van der Waals surface area contributed by atoms with Crippen LogP contribution in [0, 0.1) is 5.92 Å². The molecule has 1 heterocycles. The highest BCUT2D eigenvalue weighted by atomic mass is 35.5. The SMILES string of the molecule is O=C(c1cccc(NS(=O)(=O)c2cc(Cl)ccc2Cl)c1)N1CCN(CC2CC2)CC1. The number of sulfonamides is 1. The molecule has 0 radical (unpaired) electrons.